The first-order valence-electron chi connectivity index (χ1n) is 5.33. The van der Waals surface area contributed by atoms with E-state index < -0.39 is 0 Å². The van der Waals surface area contributed by atoms with Gasteiger partial charge in [-0.05, 0) is 31.1 Å². The van der Waals surface area contributed by atoms with Crippen LogP contribution in [-0.2, 0) is 4.74 Å². The summed E-state index contributed by atoms with van der Waals surface area (Å²) in [7, 11) is 0. The van der Waals surface area contributed by atoms with Crippen LogP contribution in [0.4, 0.5) is 0 Å². The zero-order chi connectivity index (χ0) is 9.68. The van der Waals surface area contributed by atoms with Crippen LogP contribution in [0.2, 0.25) is 0 Å². The van der Waals surface area contributed by atoms with E-state index in [1.54, 1.807) is 0 Å². The number of rotatable bonds is 7. The Hall–Kier alpha value is -0.120. The van der Waals surface area contributed by atoms with E-state index in [1.165, 1.54) is 12.8 Å². The largest absolute Gasteiger partial charge is 0.380 e. The maximum atomic E-state index is 5.49. The Labute approximate surface area is 81.0 Å². The molecule has 0 saturated heterocycles. The summed E-state index contributed by atoms with van der Waals surface area (Å²) in [6, 6.07) is 0.332. The minimum Gasteiger partial charge on any atom is -0.380 e. The standard InChI is InChI=1S/C10H22N2O/c1-3-6-13-7-10(12-11)8(2)9-4-5-9/h8-10,12H,3-7,11H2,1-2H3. The first-order chi connectivity index (χ1) is 6.29. The maximum Gasteiger partial charge on any atom is 0.0635 e. The predicted octanol–water partition coefficient (Wildman–Crippen LogP) is 1.29. The summed E-state index contributed by atoms with van der Waals surface area (Å²) in [5.74, 6) is 7.03. The molecular formula is C10H22N2O. The molecule has 1 aliphatic rings. The molecule has 1 rings (SSSR count). The van der Waals surface area contributed by atoms with Gasteiger partial charge >= 0.3 is 0 Å². The van der Waals surface area contributed by atoms with Crippen molar-refractivity contribution >= 4 is 0 Å². The summed E-state index contributed by atoms with van der Waals surface area (Å²) in [5, 5.41) is 0. The maximum absolute atomic E-state index is 5.49. The summed E-state index contributed by atoms with van der Waals surface area (Å²) >= 11 is 0. The summed E-state index contributed by atoms with van der Waals surface area (Å²) in [5.41, 5.74) is 2.86. The van der Waals surface area contributed by atoms with Gasteiger partial charge in [0.05, 0.1) is 6.61 Å². The zero-order valence-corrected chi connectivity index (χ0v) is 8.75. The molecule has 3 N–H and O–H groups in total. The van der Waals surface area contributed by atoms with E-state index >= 15 is 0 Å². The second-order valence-electron chi connectivity index (χ2n) is 4.04. The van der Waals surface area contributed by atoms with Crippen LogP contribution in [0.1, 0.15) is 33.1 Å². The molecule has 0 amide bonds. The highest BCUT2D eigenvalue weighted by Gasteiger charge is 2.32. The lowest BCUT2D eigenvalue weighted by Crippen LogP contribution is -2.44. The molecule has 78 valence electrons. The average Bonchev–Trinajstić information content (AvgIpc) is 2.94. The van der Waals surface area contributed by atoms with E-state index in [2.05, 4.69) is 19.3 Å². The first-order valence-corrected chi connectivity index (χ1v) is 5.33. The van der Waals surface area contributed by atoms with Crippen molar-refractivity contribution in [3.05, 3.63) is 0 Å². The van der Waals surface area contributed by atoms with Crippen LogP contribution in [0.15, 0.2) is 0 Å². The van der Waals surface area contributed by atoms with Crippen LogP contribution in [0, 0.1) is 11.8 Å². The van der Waals surface area contributed by atoms with Gasteiger partial charge in [0, 0.05) is 12.6 Å². The molecule has 1 fully saturated rings. The zero-order valence-electron chi connectivity index (χ0n) is 8.75. The Bertz CT molecular complexity index is 137. The molecule has 13 heavy (non-hydrogen) atoms. The summed E-state index contributed by atoms with van der Waals surface area (Å²) in [6.07, 6.45) is 3.81. The van der Waals surface area contributed by atoms with Crippen molar-refractivity contribution in [1.82, 2.24) is 5.43 Å². The van der Waals surface area contributed by atoms with Crippen LogP contribution < -0.4 is 11.3 Å². The fourth-order valence-corrected chi connectivity index (χ4v) is 1.66. The highest BCUT2D eigenvalue weighted by Crippen LogP contribution is 2.38. The van der Waals surface area contributed by atoms with E-state index in [1.807, 2.05) is 0 Å². The van der Waals surface area contributed by atoms with Gasteiger partial charge < -0.3 is 4.74 Å². The van der Waals surface area contributed by atoms with Crippen molar-refractivity contribution in [1.29, 1.82) is 0 Å². The fourth-order valence-electron chi connectivity index (χ4n) is 1.66. The second-order valence-corrected chi connectivity index (χ2v) is 4.04. The van der Waals surface area contributed by atoms with E-state index in [4.69, 9.17) is 10.6 Å². The number of hydrogen-bond donors (Lipinski definition) is 2. The third-order valence-electron chi connectivity index (χ3n) is 2.86. The third kappa shape index (κ3) is 3.63. The third-order valence-corrected chi connectivity index (χ3v) is 2.86. The number of nitrogens with two attached hydrogens (primary N) is 1. The minimum atomic E-state index is 0.332. The topological polar surface area (TPSA) is 47.3 Å². The Morgan fingerprint density at radius 3 is 2.69 bits per heavy atom. The van der Waals surface area contributed by atoms with Gasteiger partial charge in [-0.3, -0.25) is 11.3 Å². The lowest BCUT2D eigenvalue weighted by molar-refractivity contribution is 0.0922. The van der Waals surface area contributed by atoms with E-state index in [0.717, 1.165) is 25.6 Å². The quantitative estimate of drug-likeness (QED) is 0.358. The second kappa shape index (κ2) is 5.58. The van der Waals surface area contributed by atoms with Gasteiger partial charge in [0.25, 0.3) is 0 Å². The molecule has 0 aromatic rings. The smallest absolute Gasteiger partial charge is 0.0635 e. The van der Waals surface area contributed by atoms with Gasteiger partial charge in [-0.2, -0.15) is 0 Å². The van der Waals surface area contributed by atoms with Crippen molar-refractivity contribution in [2.75, 3.05) is 13.2 Å². The molecule has 0 heterocycles. The normalized spacial score (nSPS) is 21.5. The number of hydrazine groups is 1. The molecule has 1 aliphatic carbocycles. The molecule has 2 unspecified atom stereocenters. The van der Waals surface area contributed by atoms with Gasteiger partial charge in [-0.15, -0.1) is 0 Å². The van der Waals surface area contributed by atoms with Crippen LogP contribution in [0.25, 0.3) is 0 Å². The number of ether oxygens (including phenoxy) is 1. The molecule has 0 spiro atoms. The molecule has 3 heteroatoms. The lowest BCUT2D eigenvalue weighted by Gasteiger charge is -2.22. The van der Waals surface area contributed by atoms with Gasteiger partial charge in [-0.1, -0.05) is 13.8 Å². The fraction of sp³-hybridized carbons (Fsp3) is 1.00. The van der Waals surface area contributed by atoms with Crippen LogP contribution in [-0.4, -0.2) is 19.3 Å². The van der Waals surface area contributed by atoms with Gasteiger partial charge in [0.15, 0.2) is 0 Å². The average molecular weight is 186 g/mol. The first kappa shape index (κ1) is 11.0. The van der Waals surface area contributed by atoms with Crippen molar-refractivity contribution in [2.24, 2.45) is 17.7 Å². The minimum absolute atomic E-state index is 0.332. The van der Waals surface area contributed by atoms with Gasteiger partial charge in [0.2, 0.25) is 0 Å². The van der Waals surface area contributed by atoms with Gasteiger partial charge in [-0.25, -0.2) is 0 Å². The molecule has 2 atom stereocenters. The molecule has 3 nitrogen and oxygen atoms in total. The molecule has 0 radical (unpaired) electrons. The highest BCUT2D eigenvalue weighted by atomic mass is 16.5. The molecule has 0 bridgehead atoms. The molecular weight excluding hydrogens is 164 g/mol. The Morgan fingerprint density at radius 2 is 2.23 bits per heavy atom. The van der Waals surface area contributed by atoms with Crippen LogP contribution >= 0.6 is 0 Å². The molecule has 0 aromatic heterocycles. The monoisotopic (exact) mass is 186 g/mol. The summed E-state index contributed by atoms with van der Waals surface area (Å²) in [6.45, 7) is 5.98. The van der Waals surface area contributed by atoms with Crippen LogP contribution in [0.5, 0.6) is 0 Å². The Balaban J connectivity index is 2.16. The van der Waals surface area contributed by atoms with Crippen molar-refractivity contribution in [3.8, 4) is 0 Å². The van der Waals surface area contributed by atoms with E-state index in [-0.39, 0.29) is 0 Å². The van der Waals surface area contributed by atoms with Crippen molar-refractivity contribution in [2.45, 2.75) is 39.2 Å². The summed E-state index contributed by atoms with van der Waals surface area (Å²) < 4.78 is 5.49. The van der Waals surface area contributed by atoms with E-state index in [9.17, 15) is 0 Å². The number of nitrogens with one attached hydrogen (secondary N) is 1. The molecule has 1 saturated carbocycles. The Kier molecular flexibility index (Phi) is 4.70. The molecule has 0 aromatic carbocycles. The summed E-state index contributed by atoms with van der Waals surface area (Å²) in [4.78, 5) is 0. The molecule has 0 aliphatic heterocycles. The SMILES string of the molecule is CCCOCC(NN)C(C)C1CC1. The highest BCUT2D eigenvalue weighted by molar-refractivity contribution is 4.85. The lowest BCUT2D eigenvalue weighted by atomic mass is 9.98. The van der Waals surface area contributed by atoms with Crippen molar-refractivity contribution < 1.29 is 4.74 Å². The van der Waals surface area contributed by atoms with Gasteiger partial charge in [0.1, 0.15) is 0 Å². The Morgan fingerprint density at radius 1 is 1.54 bits per heavy atom. The van der Waals surface area contributed by atoms with E-state index in [0.29, 0.717) is 12.0 Å². The van der Waals surface area contributed by atoms with Crippen molar-refractivity contribution in [3.63, 3.8) is 0 Å². The van der Waals surface area contributed by atoms with Crippen LogP contribution in [0.3, 0.4) is 0 Å². The predicted molar refractivity (Wildman–Crippen MR) is 54.1 cm³/mol. The number of hydrogen-bond acceptors (Lipinski definition) is 3.